The highest BCUT2D eigenvalue weighted by molar-refractivity contribution is 6.54. The Morgan fingerprint density at radius 1 is 1.57 bits per heavy atom. The van der Waals surface area contributed by atoms with Crippen molar-refractivity contribution in [3.63, 3.8) is 0 Å². The van der Waals surface area contributed by atoms with Gasteiger partial charge in [0.1, 0.15) is 12.1 Å². The van der Waals surface area contributed by atoms with Gasteiger partial charge < -0.3 is 5.73 Å². The van der Waals surface area contributed by atoms with Gasteiger partial charge in [0.25, 0.3) is 0 Å². The standard InChI is InChI=1S/C7H8N6O/c1-3(14)7(9)4-5(11-2-10-4)12-6(8)13-7/h2H,9H2,1H3,(H2,8,13). The number of carbonyl (C=O) groups excluding carboxylic acids is 1. The highest BCUT2D eigenvalue weighted by atomic mass is 16.1. The molecule has 0 aromatic heterocycles. The van der Waals surface area contributed by atoms with Gasteiger partial charge in [-0.25, -0.2) is 15.0 Å². The molecule has 72 valence electrons. The molecule has 2 aliphatic rings. The molecule has 0 amide bonds. The fraction of sp³-hybridized carbons (Fsp3) is 0.286. The number of fused-ring (bicyclic) bond motifs is 1. The smallest absolute Gasteiger partial charge is 0.220 e. The van der Waals surface area contributed by atoms with Crippen LogP contribution < -0.4 is 11.5 Å². The van der Waals surface area contributed by atoms with E-state index in [2.05, 4.69) is 20.0 Å². The van der Waals surface area contributed by atoms with Gasteiger partial charge in [-0.05, 0) is 6.92 Å². The van der Waals surface area contributed by atoms with Gasteiger partial charge in [0, 0.05) is 0 Å². The molecule has 0 aromatic rings. The van der Waals surface area contributed by atoms with Crippen LogP contribution in [0.25, 0.3) is 0 Å². The molecular weight excluding hydrogens is 184 g/mol. The van der Waals surface area contributed by atoms with Crippen molar-refractivity contribution >= 4 is 29.6 Å². The predicted molar refractivity (Wildman–Crippen MR) is 52.6 cm³/mol. The molecule has 7 heteroatoms. The van der Waals surface area contributed by atoms with Crippen molar-refractivity contribution in [2.45, 2.75) is 12.6 Å². The second-order valence-electron chi connectivity index (χ2n) is 2.95. The summed E-state index contributed by atoms with van der Waals surface area (Å²) in [6.07, 6.45) is 1.27. The molecule has 14 heavy (non-hydrogen) atoms. The number of hydrogen-bond acceptors (Lipinski definition) is 7. The summed E-state index contributed by atoms with van der Waals surface area (Å²) >= 11 is 0. The SMILES string of the molecule is CC(=O)C1(N)N=C(N)N=C2N=CN=C21. The molecule has 0 radical (unpaired) electrons. The summed E-state index contributed by atoms with van der Waals surface area (Å²) < 4.78 is 0. The predicted octanol–water partition coefficient (Wildman–Crippen LogP) is -1.56. The number of carbonyl (C=O) groups is 1. The van der Waals surface area contributed by atoms with Gasteiger partial charge in [-0.3, -0.25) is 10.5 Å². The van der Waals surface area contributed by atoms with Crippen LogP contribution >= 0.6 is 0 Å². The molecule has 7 nitrogen and oxygen atoms in total. The maximum atomic E-state index is 11.3. The zero-order valence-corrected chi connectivity index (χ0v) is 7.43. The minimum Gasteiger partial charge on any atom is -0.368 e. The Hall–Kier alpha value is -1.89. The average molecular weight is 192 g/mol. The molecule has 1 unspecified atom stereocenters. The molecule has 4 N–H and O–H groups in total. The molecule has 0 spiro atoms. The molecule has 2 rings (SSSR count). The van der Waals surface area contributed by atoms with Gasteiger partial charge in [0.15, 0.2) is 11.6 Å². The number of aliphatic imine (C=N–C) groups is 4. The van der Waals surface area contributed by atoms with Crippen molar-refractivity contribution in [1.29, 1.82) is 0 Å². The van der Waals surface area contributed by atoms with Crippen LogP contribution in [0.2, 0.25) is 0 Å². The van der Waals surface area contributed by atoms with Crippen molar-refractivity contribution in [1.82, 2.24) is 0 Å². The van der Waals surface area contributed by atoms with E-state index in [9.17, 15) is 4.79 Å². The second-order valence-corrected chi connectivity index (χ2v) is 2.95. The maximum Gasteiger partial charge on any atom is 0.220 e. The Morgan fingerprint density at radius 3 is 2.93 bits per heavy atom. The quantitative estimate of drug-likeness (QED) is 0.522. The molecule has 1 atom stereocenters. The van der Waals surface area contributed by atoms with Gasteiger partial charge in [0.2, 0.25) is 11.6 Å². The van der Waals surface area contributed by atoms with Gasteiger partial charge >= 0.3 is 0 Å². The first kappa shape index (κ1) is 8.70. The van der Waals surface area contributed by atoms with Gasteiger partial charge in [-0.2, -0.15) is 4.99 Å². The maximum absolute atomic E-state index is 11.3. The van der Waals surface area contributed by atoms with Gasteiger partial charge in [0.05, 0.1) is 0 Å². The lowest BCUT2D eigenvalue weighted by molar-refractivity contribution is -0.119. The minimum absolute atomic E-state index is 0.0595. The van der Waals surface area contributed by atoms with Crippen LogP contribution in [-0.4, -0.2) is 35.3 Å². The van der Waals surface area contributed by atoms with Crippen LogP contribution in [-0.2, 0) is 4.79 Å². The summed E-state index contributed by atoms with van der Waals surface area (Å²) in [5, 5.41) is 0. The third-order valence-corrected chi connectivity index (χ3v) is 1.99. The molecule has 2 heterocycles. The van der Waals surface area contributed by atoms with E-state index in [1.54, 1.807) is 0 Å². The average Bonchev–Trinajstić information content (AvgIpc) is 2.51. The number of hydrogen-bond donors (Lipinski definition) is 2. The van der Waals surface area contributed by atoms with Crippen LogP contribution in [0, 0.1) is 0 Å². The second kappa shape index (κ2) is 2.55. The molecule has 0 saturated carbocycles. The number of guanidine groups is 1. The molecular formula is C7H8N6O. The third kappa shape index (κ3) is 0.990. The largest absolute Gasteiger partial charge is 0.368 e. The molecule has 0 aliphatic carbocycles. The van der Waals surface area contributed by atoms with E-state index in [1.807, 2.05) is 0 Å². The normalized spacial score (nSPS) is 29.1. The van der Waals surface area contributed by atoms with Crippen LogP contribution in [0.4, 0.5) is 0 Å². The van der Waals surface area contributed by atoms with E-state index in [-0.39, 0.29) is 23.3 Å². The van der Waals surface area contributed by atoms with Crippen molar-refractivity contribution in [2.75, 3.05) is 0 Å². The summed E-state index contributed by atoms with van der Waals surface area (Å²) in [5.74, 6) is -0.150. The monoisotopic (exact) mass is 192 g/mol. The lowest BCUT2D eigenvalue weighted by Gasteiger charge is -2.24. The molecule has 2 aliphatic heterocycles. The number of rotatable bonds is 1. The minimum atomic E-state index is -1.53. The molecule has 0 aromatic carbocycles. The molecule has 0 bridgehead atoms. The fourth-order valence-corrected chi connectivity index (χ4v) is 1.22. The highest BCUT2D eigenvalue weighted by Crippen LogP contribution is 2.16. The zero-order valence-electron chi connectivity index (χ0n) is 7.43. The Labute approximate surface area is 79.3 Å². The lowest BCUT2D eigenvalue weighted by Crippen LogP contribution is -2.57. The lowest BCUT2D eigenvalue weighted by atomic mass is 9.99. The topological polar surface area (TPSA) is 119 Å². The zero-order chi connectivity index (χ0) is 10.3. The summed E-state index contributed by atoms with van der Waals surface area (Å²) in [6, 6.07) is 0. The van der Waals surface area contributed by atoms with Crippen molar-refractivity contribution in [3.05, 3.63) is 0 Å². The number of nitrogens with zero attached hydrogens (tertiary/aromatic N) is 4. The Balaban J connectivity index is 2.57. The number of Topliss-reactive ketones (excluding diaryl/α,β-unsaturated/α-hetero) is 1. The summed E-state index contributed by atoms with van der Waals surface area (Å²) in [6.45, 7) is 1.32. The van der Waals surface area contributed by atoms with Crippen LogP contribution in [0.5, 0.6) is 0 Å². The first-order chi connectivity index (χ1) is 6.54. The number of amidine groups is 1. The Morgan fingerprint density at radius 2 is 2.29 bits per heavy atom. The Kier molecular flexibility index (Phi) is 1.58. The highest BCUT2D eigenvalue weighted by Gasteiger charge is 2.43. The van der Waals surface area contributed by atoms with Crippen LogP contribution in [0.1, 0.15) is 6.92 Å². The van der Waals surface area contributed by atoms with E-state index in [1.165, 1.54) is 13.3 Å². The molecule has 0 saturated heterocycles. The first-order valence-corrected chi connectivity index (χ1v) is 3.89. The first-order valence-electron chi connectivity index (χ1n) is 3.89. The van der Waals surface area contributed by atoms with E-state index in [0.29, 0.717) is 0 Å². The van der Waals surface area contributed by atoms with E-state index >= 15 is 0 Å². The third-order valence-electron chi connectivity index (χ3n) is 1.99. The Bertz CT molecular complexity index is 431. The van der Waals surface area contributed by atoms with E-state index in [0.717, 1.165) is 0 Å². The molecule has 0 fully saturated rings. The summed E-state index contributed by atoms with van der Waals surface area (Å²) in [5.41, 5.74) is 9.89. The van der Waals surface area contributed by atoms with Crippen molar-refractivity contribution in [3.8, 4) is 0 Å². The number of ketones is 1. The van der Waals surface area contributed by atoms with Crippen LogP contribution in [0.3, 0.4) is 0 Å². The number of nitrogens with two attached hydrogens (primary N) is 2. The van der Waals surface area contributed by atoms with E-state index in [4.69, 9.17) is 11.5 Å². The fourth-order valence-electron chi connectivity index (χ4n) is 1.22. The van der Waals surface area contributed by atoms with Crippen LogP contribution in [0.15, 0.2) is 20.0 Å². The summed E-state index contributed by atoms with van der Waals surface area (Å²) in [4.78, 5) is 26.6. The summed E-state index contributed by atoms with van der Waals surface area (Å²) in [7, 11) is 0. The van der Waals surface area contributed by atoms with Gasteiger partial charge in [-0.15, -0.1) is 0 Å². The van der Waals surface area contributed by atoms with Crippen molar-refractivity contribution < 1.29 is 4.79 Å². The van der Waals surface area contributed by atoms with E-state index < -0.39 is 5.66 Å². The van der Waals surface area contributed by atoms with Gasteiger partial charge in [-0.1, -0.05) is 0 Å². The van der Waals surface area contributed by atoms with Crippen molar-refractivity contribution in [2.24, 2.45) is 31.4 Å².